The first-order valence-electron chi connectivity index (χ1n) is 8.06. The Bertz CT molecular complexity index is 810. The van der Waals surface area contributed by atoms with Crippen molar-refractivity contribution in [1.29, 1.82) is 5.26 Å². The number of hydrogen-bond donors (Lipinski definition) is 1. The van der Waals surface area contributed by atoms with Gasteiger partial charge in [-0.05, 0) is 27.0 Å². The predicted octanol–water partition coefficient (Wildman–Crippen LogP) is 3.80. The van der Waals surface area contributed by atoms with E-state index in [0.717, 1.165) is 17.0 Å². The molecule has 1 heterocycles. The van der Waals surface area contributed by atoms with E-state index in [-0.39, 0.29) is 17.4 Å². The van der Waals surface area contributed by atoms with E-state index < -0.39 is 6.04 Å². The van der Waals surface area contributed by atoms with Gasteiger partial charge in [0.1, 0.15) is 11.8 Å². The summed E-state index contributed by atoms with van der Waals surface area (Å²) >= 11 is 12.1. The van der Waals surface area contributed by atoms with Crippen molar-refractivity contribution < 1.29 is 9.32 Å². The van der Waals surface area contributed by atoms with Crippen LogP contribution in [0, 0.1) is 25.2 Å². The van der Waals surface area contributed by atoms with E-state index >= 15 is 0 Å². The number of aryl methyl sites for hydroxylation is 2. The summed E-state index contributed by atoms with van der Waals surface area (Å²) in [5, 5.41) is 16.6. The first-order valence-corrected chi connectivity index (χ1v) is 8.82. The van der Waals surface area contributed by atoms with Gasteiger partial charge in [0.2, 0.25) is 5.91 Å². The molecule has 0 unspecified atom stereocenters. The second kappa shape index (κ2) is 9.04. The summed E-state index contributed by atoms with van der Waals surface area (Å²) in [6, 6.07) is 6.20. The average molecular weight is 395 g/mol. The second-order valence-corrected chi connectivity index (χ2v) is 6.85. The van der Waals surface area contributed by atoms with Gasteiger partial charge in [0, 0.05) is 30.6 Å². The normalized spacial score (nSPS) is 12.0. The molecule has 8 heteroatoms. The third-order valence-corrected chi connectivity index (χ3v) is 4.89. The van der Waals surface area contributed by atoms with E-state index in [1.54, 1.807) is 18.2 Å². The zero-order valence-electron chi connectivity index (χ0n) is 14.8. The lowest BCUT2D eigenvalue weighted by Gasteiger charge is -2.18. The minimum Gasteiger partial charge on any atom is -0.361 e. The number of carbonyl (C=O) groups excluding carboxylic acids is 1. The van der Waals surface area contributed by atoms with Gasteiger partial charge in [-0.25, -0.2) is 0 Å². The van der Waals surface area contributed by atoms with Crippen LogP contribution in [0.5, 0.6) is 0 Å². The van der Waals surface area contributed by atoms with Gasteiger partial charge in [-0.1, -0.05) is 40.5 Å². The molecule has 1 aromatic heterocycles. The lowest BCUT2D eigenvalue weighted by molar-refractivity contribution is -0.121. The van der Waals surface area contributed by atoms with Crippen molar-refractivity contribution in [2.75, 3.05) is 13.6 Å². The molecule has 0 aliphatic heterocycles. The molecule has 1 N–H and O–H groups in total. The van der Waals surface area contributed by atoms with E-state index in [4.69, 9.17) is 27.7 Å². The number of hydrogen-bond acceptors (Lipinski definition) is 5. The van der Waals surface area contributed by atoms with E-state index in [0.29, 0.717) is 23.7 Å². The van der Waals surface area contributed by atoms with Crippen molar-refractivity contribution in [3.63, 3.8) is 0 Å². The standard InChI is InChI=1S/C18H20Cl2N4O2/c1-11-14(12(2)26-23-11)10-24(3)8-7-17(25)22-16(9-21)13-5-4-6-15(19)18(13)20/h4-6,16H,7-8,10H2,1-3H3,(H,22,25)/t16-/m0/s1. The minimum absolute atomic E-state index is 0.238. The molecule has 0 aliphatic carbocycles. The van der Waals surface area contributed by atoms with Gasteiger partial charge in [0.15, 0.2) is 0 Å². The molecule has 0 fully saturated rings. The fourth-order valence-corrected chi connectivity index (χ4v) is 2.94. The lowest BCUT2D eigenvalue weighted by atomic mass is 10.1. The third kappa shape index (κ3) is 4.98. The molecule has 0 saturated heterocycles. The maximum Gasteiger partial charge on any atom is 0.222 e. The van der Waals surface area contributed by atoms with Crippen LogP contribution in [-0.4, -0.2) is 29.6 Å². The fourth-order valence-electron chi connectivity index (χ4n) is 2.53. The maximum absolute atomic E-state index is 12.2. The molecule has 1 aromatic carbocycles. The summed E-state index contributed by atoms with van der Waals surface area (Å²) in [5.74, 6) is 0.539. The smallest absolute Gasteiger partial charge is 0.222 e. The van der Waals surface area contributed by atoms with Crippen molar-refractivity contribution in [1.82, 2.24) is 15.4 Å². The van der Waals surface area contributed by atoms with E-state index in [1.807, 2.05) is 31.9 Å². The summed E-state index contributed by atoms with van der Waals surface area (Å²) in [6.07, 6.45) is 0.246. The Morgan fingerprint density at radius 1 is 1.42 bits per heavy atom. The van der Waals surface area contributed by atoms with Crippen LogP contribution in [0.4, 0.5) is 0 Å². The SMILES string of the molecule is Cc1noc(C)c1CN(C)CCC(=O)N[C@@H](C#N)c1cccc(Cl)c1Cl. The monoisotopic (exact) mass is 394 g/mol. The van der Waals surface area contributed by atoms with Crippen LogP contribution in [0.1, 0.15) is 35.0 Å². The van der Waals surface area contributed by atoms with Crippen LogP contribution in [-0.2, 0) is 11.3 Å². The molecule has 0 radical (unpaired) electrons. The zero-order valence-corrected chi connectivity index (χ0v) is 16.4. The highest BCUT2D eigenvalue weighted by atomic mass is 35.5. The minimum atomic E-state index is -0.846. The van der Waals surface area contributed by atoms with Crippen LogP contribution < -0.4 is 5.32 Å². The molecule has 1 atom stereocenters. The molecular weight excluding hydrogens is 375 g/mol. The molecule has 0 spiro atoms. The molecule has 0 bridgehead atoms. The van der Waals surface area contributed by atoms with Gasteiger partial charge in [0.25, 0.3) is 0 Å². The maximum atomic E-state index is 12.2. The van der Waals surface area contributed by atoms with Gasteiger partial charge in [0.05, 0.1) is 21.8 Å². The first kappa shape index (κ1) is 20.2. The summed E-state index contributed by atoms with van der Waals surface area (Å²) in [6.45, 7) is 4.91. The molecule has 6 nitrogen and oxygen atoms in total. The Hall–Kier alpha value is -2.07. The largest absolute Gasteiger partial charge is 0.361 e. The molecule has 1 amide bonds. The lowest BCUT2D eigenvalue weighted by Crippen LogP contribution is -2.31. The van der Waals surface area contributed by atoms with Gasteiger partial charge < -0.3 is 14.7 Å². The van der Waals surface area contributed by atoms with Crippen molar-refractivity contribution in [3.8, 4) is 6.07 Å². The van der Waals surface area contributed by atoms with Crippen molar-refractivity contribution >= 4 is 29.1 Å². The van der Waals surface area contributed by atoms with Crippen LogP contribution in [0.15, 0.2) is 22.7 Å². The molecule has 0 saturated carbocycles. The van der Waals surface area contributed by atoms with Gasteiger partial charge in [-0.2, -0.15) is 5.26 Å². The molecule has 0 aliphatic rings. The molecular formula is C18H20Cl2N4O2. The Morgan fingerprint density at radius 3 is 2.77 bits per heavy atom. The Kier molecular flexibility index (Phi) is 7.04. The number of rotatable bonds is 7. The number of benzene rings is 1. The number of aromatic nitrogens is 1. The predicted molar refractivity (Wildman–Crippen MR) is 99.9 cm³/mol. The van der Waals surface area contributed by atoms with Crippen LogP contribution >= 0.6 is 23.2 Å². The van der Waals surface area contributed by atoms with E-state index in [2.05, 4.69) is 10.5 Å². The first-order chi connectivity index (χ1) is 12.3. The number of nitriles is 1. The summed E-state index contributed by atoms with van der Waals surface area (Å²) < 4.78 is 5.14. The molecule has 138 valence electrons. The van der Waals surface area contributed by atoms with Crippen molar-refractivity contribution in [3.05, 3.63) is 50.8 Å². The highest BCUT2D eigenvalue weighted by molar-refractivity contribution is 6.42. The number of amides is 1. The fraction of sp³-hybridized carbons (Fsp3) is 0.389. The van der Waals surface area contributed by atoms with Crippen LogP contribution in [0.2, 0.25) is 10.0 Å². The molecule has 2 aromatic rings. The topological polar surface area (TPSA) is 82.2 Å². The van der Waals surface area contributed by atoms with Gasteiger partial charge in [-0.3, -0.25) is 4.79 Å². The van der Waals surface area contributed by atoms with Crippen LogP contribution in [0.25, 0.3) is 0 Å². The summed E-state index contributed by atoms with van der Waals surface area (Å²) in [4.78, 5) is 14.2. The van der Waals surface area contributed by atoms with Crippen molar-refractivity contribution in [2.45, 2.75) is 32.9 Å². The van der Waals surface area contributed by atoms with Gasteiger partial charge >= 0.3 is 0 Å². The third-order valence-electron chi connectivity index (χ3n) is 4.06. The highest BCUT2D eigenvalue weighted by Gasteiger charge is 2.19. The molecule has 26 heavy (non-hydrogen) atoms. The van der Waals surface area contributed by atoms with Crippen molar-refractivity contribution in [2.24, 2.45) is 0 Å². The number of nitrogens with zero attached hydrogens (tertiary/aromatic N) is 3. The van der Waals surface area contributed by atoms with Crippen LogP contribution in [0.3, 0.4) is 0 Å². The Balaban J connectivity index is 1.91. The Morgan fingerprint density at radius 2 is 2.15 bits per heavy atom. The van der Waals surface area contributed by atoms with Gasteiger partial charge in [-0.15, -0.1) is 0 Å². The van der Waals surface area contributed by atoms with E-state index in [9.17, 15) is 10.1 Å². The quantitative estimate of drug-likeness (QED) is 0.771. The Labute approximate surface area is 162 Å². The summed E-state index contributed by atoms with van der Waals surface area (Å²) in [7, 11) is 1.91. The average Bonchev–Trinajstić information content (AvgIpc) is 2.92. The molecule has 2 rings (SSSR count). The second-order valence-electron chi connectivity index (χ2n) is 6.06. The van der Waals surface area contributed by atoms with E-state index in [1.165, 1.54) is 0 Å². The summed E-state index contributed by atoms with van der Waals surface area (Å²) in [5.41, 5.74) is 2.35. The number of nitrogens with one attached hydrogen (secondary N) is 1. The number of carbonyl (C=O) groups is 1. The number of halogens is 2. The zero-order chi connectivity index (χ0) is 19.3. The highest BCUT2D eigenvalue weighted by Crippen LogP contribution is 2.29.